The Labute approximate surface area is 242 Å². The zero-order chi connectivity index (χ0) is 28.3. The van der Waals surface area contributed by atoms with Crippen molar-refractivity contribution in [2.75, 3.05) is 63.7 Å². The van der Waals surface area contributed by atoms with Gasteiger partial charge in [0.15, 0.2) is 0 Å². The number of aromatic nitrogens is 4. The number of anilines is 2. The number of nitrogens with zero attached hydrogens (tertiary/aromatic N) is 7. The number of pyridine rings is 2. The molecule has 2 aliphatic rings. The summed E-state index contributed by atoms with van der Waals surface area (Å²) in [6.45, 7) is 10.7. The lowest BCUT2D eigenvalue weighted by molar-refractivity contribution is 0.0332. The van der Waals surface area contributed by atoms with Crippen molar-refractivity contribution in [3.05, 3.63) is 72.8 Å². The van der Waals surface area contributed by atoms with Crippen LogP contribution < -0.4 is 10.2 Å². The fraction of sp³-hybridized carbons (Fsp3) is 0.406. The number of ether oxygens (including phenoxy) is 1. The largest absolute Gasteiger partial charge is 0.379 e. The summed E-state index contributed by atoms with van der Waals surface area (Å²) in [4.78, 5) is 16.5. The standard InChI is InChI=1S/C32H40N8O/c1-23(24-7-10-33-32(19-24)40-11-8-28(9-12-40)37(2)3)36-31-18-27-17-25(5-6-26(27)20-34-31)29-21-35-38(4)30(29)22-39-13-15-41-16-14-39/h5-7,10,17-21,28H,1,8-9,11-16,22H2,2-4H3,(H,34,36). The Morgan fingerprint density at radius 3 is 2.59 bits per heavy atom. The number of fused-ring (bicyclic) bond motifs is 1. The second-order valence-corrected chi connectivity index (χ2v) is 11.3. The highest BCUT2D eigenvalue weighted by Crippen LogP contribution is 2.30. The highest BCUT2D eigenvalue weighted by Gasteiger charge is 2.22. The molecule has 4 aromatic rings. The maximum atomic E-state index is 5.53. The Balaban J connectivity index is 1.18. The number of hydrogen-bond acceptors (Lipinski definition) is 8. The number of aryl methyl sites for hydroxylation is 1. The molecule has 2 fully saturated rings. The molecule has 9 nitrogen and oxygen atoms in total. The first kappa shape index (κ1) is 27.4. The maximum absolute atomic E-state index is 5.53. The van der Waals surface area contributed by atoms with Crippen molar-refractivity contribution in [2.24, 2.45) is 7.05 Å². The van der Waals surface area contributed by atoms with E-state index in [1.165, 1.54) is 5.69 Å². The zero-order valence-electron chi connectivity index (χ0n) is 24.4. The van der Waals surface area contributed by atoms with Gasteiger partial charge in [-0.05, 0) is 62.2 Å². The summed E-state index contributed by atoms with van der Waals surface area (Å²) in [6, 6.07) is 13.4. The molecule has 0 saturated carbocycles. The van der Waals surface area contributed by atoms with E-state index in [0.29, 0.717) is 6.04 Å². The van der Waals surface area contributed by atoms with E-state index in [9.17, 15) is 0 Å². The first-order valence-electron chi connectivity index (χ1n) is 14.5. The molecule has 214 valence electrons. The SMILES string of the molecule is C=C(Nc1cc2cc(-c3cnn(C)c3CN3CCOCC3)ccc2cn1)c1ccnc(N2CCC(N(C)C)CC2)c1. The van der Waals surface area contributed by atoms with Gasteiger partial charge in [-0.25, -0.2) is 9.97 Å². The number of piperidine rings is 1. The molecule has 0 aliphatic carbocycles. The van der Waals surface area contributed by atoms with Crippen LogP contribution in [-0.4, -0.2) is 89.1 Å². The molecule has 2 aliphatic heterocycles. The van der Waals surface area contributed by atoms with Gasteiger partial charge in [-0.1, -0.05) is 18.7 Å². The third-order valence-electron chi connectivity index (χ3n) is 8.46. The minimum Gasteiger partial charge on any atom is -0.379 e. The lowest BCUT2D eigenvalue weighted by atomic mass is 10.0. The maximum Gasteiger partial charge on any atom is 0.130 e. The molecule has 3 aromatic heterocycles. The van der Waals surface area contributed by atoms with Crippen LogP contribution in [0.25, 0.3) is 27.6 Å². The highest BCUT2D eigenvalue weighted by molar-refractivity contribution is 5.90. The van der Waals surface area contributed by atoms with Crippen molar-refractivity contribution in [3.63, 3.8) is 0 Å². The molecule has 0 bridgehead atoms. The minimum absolute atomic E-state index is 0.639. The molecule has 9 heteroatoms. The van der Waals surface area contributed by atoms with E-state index in [4.69, 9.17) is 4.74 Å². The Hall–Kier alpha value is -3.79. The average molecular weight is 553 g/mol. The lowest BCUT2D eigenvalue weighted by Crippen LogP contribution is -2.42. The minimum atomic E-state index is 0.639. The van der Waals surface area contributed by atoms with Gasteiger partial charge in [0, 0.05) is 80.4 Å². The molecule has 0 atom stereocenters. The lowest BCUT2D eigenvalue weighted by Gasteiger charge is -2.36. The van der Waals surface area contributed by atoms with E-state index in [1.54, 1.807) is 0 Å². The van der Waals surface area contributed by atoms with Crippen LogP contribution in [0, 0.1) is 0 Å². The Bertz CT molecular complexity index is 1520. The van der Waals surface area contributed by atoms with Crippen LogP contribution in [0.2, 0.25) is 0 Å². The molecule has 2 saturated heterocycles. The summed E-state index contributed by atoms with van der Waals surface area (Å²) in [6.07, 6.45) is 8.06. The van der Waals surface area contributed by atoms with Crippen molar-refractivity contribution in [2.45, 2.75) is 25.4 Å². The second kappa shape index (κ2) is 12.0. The first-order chi connectivity index (χ1) is 19.9. The topological polar surface area (TPSA) is 74.6 Å². The highest BCUT2D eigenvalue weighted by atomic mass is 16.5. The third-order valence-corrected chi connectivity index (χ3v) is 8.46. The average Bonchev–Trinajstić information content (AvgIpc) is 3.36. The third kappa shape index (κ3) is 6.12. The van der Waals surface area contributed by atoms with Gasteiger partial charge >= 0.3 is 0 Å². The molecule has 0 spiro atoms. The summed E-state index contributed by atoms with van der Waals surface area (Å²) >= 11 is 0. The predicted octanol–water partition coefficient (Wildman–Crippen LogP) is 4.48. The molecule has 1 N–H and O–H groups in total. The van der Waals surface area contributed by atoms with Gasteiger partial charge in [-0.3, -0.25) is 9.58 Å². The smallest absolute Gasteiger partial charge is 0.130 e. The van der Waals surface area contributed by atoms with Gasteiger partial charge in [-0.15, -0.1) is 0 Å². The molecule has 5 heterocycles. The molecule has 0 radical (unpaired) electrons. The Morgan fingerprint density at radius 1 is 1.00 bits per heavy atom. The fourth-order valence-corrected chi connectivity index (χ4v) is 5.86. The van der Waals surface area contributed by atoms with E-state index in [2.05, 4.69) is 86.1 Å². The van der Waals surface area contributed by atoms with Gasteiger partial charge in [-0.2, -0.15) is 5.10 Å². The van der Waals surface area contributed by atoms with Crippen LogP contribution >= 0.6 is 0 Å². The summed E-state index contributed by atoms with van der Waals surface area (Å²) in [7, 11) is 6.35. The molecule has 0 unspecified atom stereocenters. The Kier molecular flexibility index (Phi) is 8.00. The normalized spacial score (nSPS) is 16.9. The summed E-state index contributed by atoms with van der Waals surface area (Å²) in [5, 5.41) is 10.2. The van der Waals surface area contributed by atoms with Crippen molar-refractivity contribution >= 4 is 28.1 Å². The summed E-state index contributed by atoms with van der Waals surface area (Å²) in [5.74, 6) is 1.77. The zero-order valence-corrected chi connectivity index (χ0v) is 24.4. The molecule has 0 amide bonds. The number of nitrogens with one attached hydrogen (secondary N) is 1. The van der Waals surface area contributed by atoms with E-state index in [1.807, 2.05) is 36.4 Å². The molecule has 1 aromatic carbocycles. The van der Waals surface area contributed by atoms with Crippen LogP contribution in [0.15, 0.2) is 61.6 Å². The van der Waals surface area contributed by atoms with E-state index < -0.39 is 0 Å². The van der Waals surface area contributed by atoms with E-state index >= 15 is 0 Å². The van der Waals surface area contributed by atoms with E-state index in [0.717, 1.165) is 104 Å². The second-order valence-electron chi connectivity index (χ2n) is 11.3. The van der Waals surface area contributed by atoms with Gasteiger partial charge in [0.05, 0.1) is 25.1 Å². The number of morpholine rings is 1. The monoisotopic (exact) mass is 552 g/mol. The van der Waals surface area contributed by atoms with Gasteiger partial charge in [0.1, 0.15) is 11.6 Å². The van der Waals surface area contributed by atoms with Crippen LogP contribution in [0.4, 0.5) is 11.6 Å². The number of rotatable bonds is 8. The van der Waals surface area contributed by atoms with Gasteiger partial charge in [0.25, 0.3) is 0 Å². The molecular weight excluding hydrogens is 512 g/mol. The van der Waals surface area contributed by atoms with Gasteiger partial charge in [0.2, 0.25) is 0 Å². The van der Waals surface area contributed by atoms with E-state index in [-0.39, 0.29) is 0 Å². The van der Waals surface area contributed by atoms with Crippen LogP contribution in [-0.2, 0) is 18.3 Å². The van der Waals surface area contributed by atoms with Crippen molar-refractivity contribution < 1.29 is 4.74 Å². The molecule has 41 heavy (non-hydrogen) atoms. The first-order valence-corrected chi connectivity index (χ1v) is 14.5. The van der Waals surface area contributed by atoms with Crippen molar-refractivity contribution in [3.8, 4) is 11.1 Å². The number of hydrogen-bond donors (Lipinski definition) is 1. The predicted molar refractivity (Wildman–Crippen MR) is 166 cm³/mol. The van der Waals surface area contributed by atoms with Crippen molar-refractivity contribution in [1.82, 2.24) is 29.5 Å². The van der Waals surface area contributed by atoms with Crippen LogP contribution in [0.3, 0.4) is 0 Å². The fourth-order valence-electron chi connectivity index (χ4n) is 5.86. The molecule has 6 rings (SSSR count). The Morgan fingerprint density at radius 2 is 1.80 bits per heavy atom. The number of benzene rings is 1. The van der Waals surface area contributed by atoms with Gasteiger partial charge < -0.3 is 19.9 Å². The summed E-state index contributed by atoms with van der Waals surface area (Å²) in [5.41, 5.74) is 5.35. The van der Waals surface area contributed by atoms with Crippen LogP contribution in [0.5, 0.6) is 0 Å². The van der Waals surface area contributed by atoms with Crippen molar-refractivity contribution in [1.29, 1.82) is 0 Å². The molecular formula is C32H40N8O. The summed E-state index contributed by atoms with van der Waals surface area (Å²) < 4.78 is 7.53. The van der Waals surface area contributed by atoms with Crippen LogP contribution in [0.1, 0.15) is 24.1 Å². The quantitative estimate of drug-likeness (QED) is 0.343.